The van der Waals surface area contributed by atoms with E-state index in [1.54, 1.807) is 6.92 Å². The third-order valence-electron chi connectivity index (χ3n) is 6.69. The van der Waals surface area contributed by atoms with Crippen molar-refractivity contribution in [3.05, 3.63) is 35.9 Å². The van der Waals surface area contributed by atoms with Crippen molar-refractivity contribution in [3.63, 3.8) is 0 Å². The molecule has 184 valence electrons. The highest BCUT2D eigenvalue weighted by Crippen LogP contribution is 2.47. The summed E-state index contributed by atoms with van der Waals surface area (Å²) in [6.45, 7) is 14.5. The summed E-state index contributed by atoms with van der Waals surface area (Å²) in [4.78, 5) is 21.5. The standard InChI is InChI=1S/C11H12O.C11H20O.C6H14.C2H6/c1-8(12)10-7-11(10)9-5-3-2-4-6-9;1-9(8-12)7-11-6-4-3-5-10(11)2;1-3-5-6-4-2;1-2/h2-6,10-11H,7H2,1H3;8-11H,3-7H2,1-2H3;3-6H2,1-2H3;1-2H3. The van der Waals surface area contributed by atoms with Gasteiger partial charge >= 0.3 is 0 Å². The molecular weight excluding hydrogens is 392 g/mol. The number of rotatable bonds is 8. The third-order valence-corrected chi connectivity index (χ3v) is 6.69. The lowest BCUT2D eigenvalue weighted by atomic mass is 9.76. The van der Waals surface area contributed by atoms with Crippen molar-refractivity contribution in [2.45, 2.75) is 119 Å². The average molecular weight is 445 g/mol. The molecule has 0 aromatic heterocycles. The summed E-state index contributed by atoms with van der Waals surface area (Å²) in [7, 11) is 0. The van der Waals surface area contributed by atoms with Crippen LogP contribution in [0.3, 0.4) is 0 Å². The predicted molar refractivity (Wildman–Crippen MR) is 140 cm³/mol. The monoisotopic (exact) mass is 444 g/mol. The van der Waals surface area contributed by atoms with Gasteiger partial charge in [0, 0.05) is 11.8 Å². The molecule has 2 heteroatoms. The molecule has 5 atom stereocenters. The van der Waals surface area contributed by atoms with Crippen molar-refractivity contribution >= 4 is 12.1 Å². The van der Waals surface area contributed by atoms with E-state index in [-0.39, 0.29) is 5.92 Å². The zero-order valence-electron chi connectivity index (χ0n) is 22.2. The first-order chi connectivity index (χ1) is 15.4. The molecule has 2 nitrogen and oxygen atoms in total. The van der Waals surface area contributed by atoms with Gasteiger partial charge in [-0.05, 0) is 43.1 Å². The normalized spacial score (nSPS) is 24.2. The van der Waals surface area contributed by atoms with Gasteiger partial charge < -0.3 is 4.79 Å². The van der Waals surface area contributed by atoms with E-state index in [2.05, 4.69) is 32.9 Å². The molecule has 0 heterocycles. The van der Waals surface area contributed by atoms with Crippen molar-refractivity contribution in [1.82, 2.24) is 0 Å². The number of carbonyl (C=O) groups excluding carboxylic acids is 2. The van der Waals surface area contributed by atoms with Crippen LogP contribution in [0.5, 0.6) is 0 Å². The Morgan fingerprint density at radius 1 is 1.03 bits per heavy atom. The lowest BCUT2D eigenvalue weighted by molar-refractivity contribution is -0.118. The molecular formula is C30H52O2. The molecule has 2 saturated carbocycles. The highest BCUT2D eigenvalue weighted by Gasteiger charge is 2.41. The summed E-state index contributed by atoms with van der Waals surface area (Å²) >= 11 is 0. The Labute approximate surface area is 200 Å². The molecule has 32 heavy (non-hydrogen) atoms. The van der Waals surface area contributed by atoms with Crippen LogP contribution in [0.1, 0.15) is 124 Å². The zero-order valence-corrected chi connectivity index (χ0v) is 22.2. The number of hydrogen-bond acceptors (Lipinski definition) is 2. The first kappa shape index (κ1) is 30.6. The Balaban J connectivity index is 0.000000457. The fourth-order valence-corrected chi connectivity index (χ4v) is 4.49. The maximum atomic E-state index is 11.0. The predicted octanol–water partition coefficient (Wildman–Crippen LogP) is 9.03. The SMILES string of the molecule is CC.CC(=O)C1CC1c1ccccc1.CC(C=O)CC1CCCCC1C.CCCCCC. The molecule has 0 bridgehead atoms. The Kier molecular flexibility index (Phi) is 18.2. The van der Waals surface area contributed by atoms with Crippen molar-refractivity contribution in [2.75, 3.05) is 0 Å². The second-order valence-corrected chi connectivity index (χ2v) is 9.55. The molecule has 2 fully saturated rings. The van der Waals surface area contributed by atoms with Crippen LogP contribution in [0.2, 0.25) is 0 Å². The fraction of sp³-hybridized carbons (Fsp3) is 0.733. The van der Waals surface area contributed by atoms with Crippen LogP contribution in [0, 0.1) is 23.7 Å². The summed E-state index contributed by atoms with van der Waals surface area (Å²) in [6.07, 6.45) is 14.3. The zero-order chi connectivity index (χ0) is 24.4. The number of unbranched alkanes of at least 4 members (excludes halogenated alkanes) is 3. The van der Waals surface area contributed by atoms with Crippen molar-refractivity contribution in [1.29, 1.82) is 0 Å². The molecule has 5 unspecified atom stereocenters. The van der Waals surface area contributed by atoms with Gasteiger partial charge in [0.25, 0.3) is 0 Å². The molecule has 1 aromatic carbocycles. The number of aldehydes is 1. The van der Waals surface area contributed by atoms with Gasteiger partial charge in [0.1, 0.15) is 12.1 Å². The summed E-state index contributed by atoms with van der Waals surface area (Å²) in [6, 6.07) is 10.3. The Bertz CT molecular complexity index is 576. The van der Waals surface area contributed by atoms with Crippen LogP contribution in [0.4, 0.5) is 0 Å². The van der Waals surface area contributed by atoms with Gasteiger partial charge in [0.15, 0.2) is 0 Å². The van der Waals surface area contributed by atoms with Crippen molar-refractivity contribution < 1.29 is 9.59 Å². The lowest BCUT2D eigenvalue weighted by Crippen LogP contribution is -2.19. The number of Topliss-reactive ketones (excluding diaryl/α,β-unsaturated/α-hetero) is 1. The van der Waals surface area contributed by atoms with Crippen molar-refractivity contribution in [3.8, 4) is 0 Å². The van der Waals surface area contributed by atoms with Gasteiger partial charge in [-0.3, -0.25) is 4.79 Å². The molecule has 2 aliphatic rings. The number of hydrogen-bond donors (Lipinski definition) is 0. The molecule has 0 radical (unpaired) electrons. The minimum absolute atomic E-state index is 0.274. The van der Waals surface area contributed by atoms with Crippen LogP contribution in [0.15, 0.2) is 30.3 Å². The van der Waals surface area contributed by atoms with Gasteiger partial charge in [-0.15, -0.1) is 0 Å². The Morgan fingerprint density at radius 3 is 2.03 bits per heavy atom. The van der Waals surface area contributed by atoms with E-state index in [9.17, 15) is 9.59 Å². The molecule has 0 saturated heterocycles. The molecule has 0 amide bonds. The first-order valence-corrected chi connectivity index (χ1v) is 13.4. The van der Waals surface area contributed by atoms with E-state index in [1.165, 1.54) is 56.9 Å². The van der Waals surface area contributed by atoms with Gasteiger partial charge in [-0.1, -0.05) is 123 Å². The number of benzene rings is 1. The van der Waals surface area contributed by atoms with E-state index in [4.69, 9.17) is 0 Å². The summed E-state index contributed by atoms with van der Waals surface area (Å²) in [5.74, 6) is 3.11. The largest absolute Gasteiger partial charge is 0.303 e. The van der Waals surface area contributed by atoms with Gasteiger partial charge in [0.05, 0.1) is 0 Å². The van der Waals surface area contributed by atoms with Crippen LogP contribution >= 0.6 is 0 Å². The Hall–Kier alpha value is -1.44. The first-order valence-electron chi connectivity index (χ1n) is 13.4. The third kappa shape index (κ3) is 13.2. The minimum atomic E-state index is 0.274. The molecule has 2 aliphatic carbocycles. The number of carbonyl (C=O) groups is 2. The van der Waals surface area contributed by atoms with Crippen molar-refractivity contribution in [2.24, 2.45) is 23.7 Å². The van der Waals surface area contributed by atoms with E-state index < -0.39 is 0 Å². The maximum absolute atomic E-state index is 11.0. The fourth-order valence-electron chi connectivity index (χ4n) is 4.49. The topological polar surface area (TPSA) is 34.1 Å². The van der Waals surface area contributed by atoms with Crippen LogP contribution < -0.4 is 0 Å². The molecule has 3 rings (SSSR count). The minimum Gasteiger partial charge on any atom is -0.303 e. The van der Waals surface area contributed by atoms with Crippen LogP contribution in [-0.2, 0) is 9.59 Å². The van der Waals surface area contributed by atoms with Crippen LogP contribution in [-0.4, -0.2) is 12.1 Å². The molecule has 0 spiro atoms. The van der Waals surface area contributed by atoms with E-state index in [1.807, 2.05) is 39.0 Å². The molecule has 0 aliphatic heterocycles. The molecule has 0 N–H and O–H groups in total. The van der Waals surface area contributed by atoms with E-state index >= 15 is 0 Å². The summed E-state index contributed by atoms with van der Waals surface area (Å²) in [5, 5.41) is 0. The summed E-state index contributed by atoms with van der Waals surface area (Å²) < 4.78 is 0. The van der Waals surface area contributed by atoms with E-state index in [0.29, 0.717) is 17.6 Å². The number of ketones is 1. The van der Waals surface area contributed by atoms with Gasteiger partial charge in [0.2, 0.25) is 0 Å². The van der Waals surface area contributed by atoms with Gasteiger partial charge in [-0.25, -0.2) is 0 Å². The highest BCUT2D eigenvalue weighted by molar-refractivity contribution is 5.82. The van der Waals surface area contributed by atoms with E-state index in [0.717, 1.165) is 31.0 Å². The highest BCUT2D eigenvalue weighted by atomic mass is 16.1. The summed E-state index contributed by atoms with van der Waals surface area (Å²) in [5.41, 5.74) is 1.32. The lowest BCUT2D eigenvalue weighted by Gasteiger charge is -2.29. The molecule has 1 aromatic rings. The maximum Gasteiger partial charge on any atom is 0.133 e. The Morgan fingerprint density at radius 2 is 1.59 bits per heavy atom. The van der Waals surface area contributed by atoms with Gasteiger partial charge in [-0.2, -0.15) is 0 Å². The smallest absolute Gasteiger partial charge is 0.133 e. The second-order valence-electron chi connectivity index (χ2n) is 9.55. The average Bonchev–Trinajstić information content (AvgIpc) is 3.63. The second kappa shape index (κ2) is 19.1. The quantitative estimate of drug-likeness (QED) is 0.296. The van der Waals surface area contributed by atoms with Crippen LogP contribution in [0.25, 0.3) is 0 Å².